The molecule has 8 rings (SSSR count). The fraction of sp³-hybridized carbons (Fsp3) is 0.545. The minimum absolute atomic E-state index is 0. The van der Waals surface area contributed by atoms with E-state index in [0.717, 1.165) is 50.9 Å². The van der Waals surface area contributed by atoms with E-state index in [4.69, 9.17) is 0 Å². The number of nitrogens with one attached hydrogen (secondary N) is 2. The van der Waals surface area contributed by atoms with Gasteiger partial charge in [0.05, 0.1) is 12.1 Å². The fourth-order valence-corrected chi connectivity index (χ4v) is 9.29. The van der Waals surface area contributed by atoms with Crippen molar-refractivity contribution in [3.8, 4) is 0 Å². The van der Waals surface area contributed by atoms with Crippen LogP contribution in [0.25, 0.3) is 0 Å². The highest BCUT2D eigenvalue weighted by molar-refractivity contribution is 5.85. The van der Waals surface area contributed by atoms with Crippen LogP contribution in [0.5, 0.6) is 0 Å². The Morgan fingerprint density at radius 1 is 0.644 bits per heavy atom. The van der Waals surface area contributed by atoms with E-state index >= 15 is 0 Å². The lowest BCUT2D eigenvalue weighted by Crippen LogP contribution is -2.43. The summed E-state index contributed by atoms with van der Waals surface area (Å²) in [4.78, 5) is 14.0. The van der Waals surface area contributed by atoms with Crippen LogP contribution in [0.3, 0.4) is 0 Å². The maximum absolute atomic E-state index is 14.0. The average Bonchev–Trinajstić information content (AvgIpc) is 3.80. The fourth-order valence-electron chi connectivity index (χ4n) is 9.29. The maximum Gasteiger partial charge on any atom is 0.139 e. The number of fused-ring (bicyclic) bond motifs is 2. The molecule has 7 nitrogen and oxygen atoms in total. The normalized spacial score (nSPS) is 36.5. The Labute approximate surface area is 265 Å². The standard InChI is InChI=1S/C33H36F4N6O.ClH/c34-23-7-17(8-24(35)13-23)29-1-3-40-42(29)32-27-11-19(5-21(27)15-38-32)31(44)20-6-22-16-39-33(28(22)12-20)43-30(2-4-41-43)18-9-25(36)14-26(37)10-18;/h3-4,7-10,13-14,19-22,27-30,32-33,38-39H,1-2,5-6,11-12,15-16H2;1H/t19?,20?,21-,22-,27-,28-,29?,30?,32?,33?;/m0./s1. The zero-order valence-electron chi connectivity index (χ0n) is 24.7. The van der Waals surface area contributed by atoms with E-state index < -0.39 is 23.3 Å². The van der Waals surface area contributed by atoms with Gasteiger partial charge in [0, 0.05) is 62.3 Å². The summed E-state index contributed by atoms with van der Waals surface area (Å²) in [6.07, 6.45) is 7.88. The second-order valence-electron chi connectivity index (χ2n) is 13.6. The highest BCUT2D eigenvalue weighted by atomic mass is 35.5. The van der Waals surface area contributed by atoms with Crippen molar-refractivity contribution in [3.05, 3.63) is 70.8 Å². The monoisotopic (exact) mass is 644 g/mol. The molecule has 12 heteroatoms. The predicted octanol–water partition coefficient (Wildman–Crippen LogP) is 5.54. The molecule has 240 valence electrons. The molecule has 45 heavy (non-hydrogen) atoms. The number of Topliss-reactive ketones (excluding diaryl/α,β-unsaturated/α-hetero) is 1. The van der Waals surface area contributed by atoms with Crippen molar-refractivity contribution >= 4 is 30.6 Å². The lowest BCUT2D eigenvalue weighted by atomic mass is 9.88. The molecule has 0 spiro atoms. The van der Waals surface area contributed by atoms with Gasteiger partial charge in [-0.05, 0) is 84.7 Å². The number of hydrogen-bond acceptors (Lipinski definition) is 7. The van der Waals surface area contributed by atoms with E-state index in [2.05, 4.69) is 20.8 Å². The molecule has 0 amide bonds. The van der Waals surface area contributed by atoms with Gasteiger partial charge in [0.15, 0.2) is 0 Å². The van der Waals surface area contributed by atoms with Crippen LogP contribution in [0.4, 0.5) is 17.6 Å². The number of carbonyl (C=O) groups is 1. The number of ketones is 1. The van der Waals surface area contributed by atoms with Crippen LogP contribution in [-0.4, -0.2) is 53.7 Å². The lowest BCUT2D eigenvalue weighted by Gasteiger charge is -2.34. The van der Waals surface area contributed by atoms with Gasteiger partial charge in [-0.15, -0.1) is 12.4 Å². The Bertz CT molecular complexity index is 1380. The number of hydrogen-bond donors (Lipinski definition) is 2. The van der Waals surface area contributed by atoms with E-state index in [1.165, 1.54) is 24.3 Å². The first-order chi connectivity index (χ1) is 21.3. The molecule has 10 atom stereocenters. The highest BCUT2D eigenvalue weighted by Gasteiger charge is 2.53. The second-order valence-corrected chi connectivity index (χ2v) is 13.6. The molecule has 0 aromatic heterocycles. The maximum atomic E-state index is 14.0. The summed E-state index contributed by atoms with van der Waals surface area (Å²) in [5.41, 5.74) is 1.15. The minimum Gasteiger partial charge on any atom is -0.299 e. The summed E-state index contributed by atoms with van der Waals surface area (Å²) in [5, 5.41) is 20.3. The zero-order chi connectivity index (χ0) is 30.1. The molecule has 2 saturated heterocycles. The van der Waals surface area contributed by atoms with Crippen molar-refractivity contribution in [2.45, 2.75) is 62.9 Å². The molecule has 6 aliphatic rings. The van der Waals surface area contributed by atoms with Gasteiger partial charge in [0.1, 0.15) is 41.4 Å². The quantitative estimate of drug-likeness (QED) is 0.404. The molecule has 4 fully saturated rings. The van der Waals surface area contributed by atoms with Gasteiger partial charge in [0.2, 0.25) is 0 Å². The molecule has 4 aliphatic heterocycles. The smallest absolute Gasteiger partial charge is 0.139 e. The summed E-state index contributed by atoms with van der Waals surface area (Å²) in [7, 11) is 0. The third kappa shape index (κ3) is 5.44. The second kappa shape index (κ2) is 12.0. The van der Waals surface area contributed by atoms with E-state index in [-0.39, 0.29) is 60.5 Å². The summed E-state index contributed by atoms with van der Waals surface area (Å²) < 4.78 is 56.1. The van der Waals surface area contributed by atoms with Crippen molar-refractivity contribution in [3.63, 3.8) is 0 Å². The molecule has 4 heterocycles. The third-order valence-electron chi connectivity index (χ3n) is 11.1. The zero-order valence-corrected chi connectivity index (χ0v) is 25.5. The van der Waals surface area contributed by atoms with Gasteiger partial charge in [0.25, 0.3) is 0 Å². The van der Waals surface area contributed by atoms with Crippen molar-refractivity contribution in [2.24, 2.45) is 45.7 Å². The predicted molar refractivity (Wildman–Crippen MR) is 163 cm³/mol. The Balaban J connectivity index is 0.00000325. The summed E-state index contributed by atoms with van der Waals surface area (Å²) in [5.74, 6) is -0.837. The number of halogens is 5. The van der Waals surface area contributed by atoms with E-state index in [9.17, 15) is 22.4 Å². The van der Waals surface area contributed by atoms with Gasteiger partial charge < -0.3 is 0 Å². The van der Waals surface area contributed by atoms with Gasteiger partial charge in [-0.25, -0.2) is 17.6 Å². The molecule has 2 saturated carbocycles. The first-order valence-corrected chi connectivity index (χ1v) is 15.9. The van der Waals surface area contributed by atoms with E-state index in [1.807, 2.05) is 22.4 Å². The van der Waals surface area contributed by atoms with Crippen molar-refractivity contribution in [1.29, 1.82) is 0 Å². The Hall–Kier alpha value is -3.02. The summed E-state index contributed by atoms with van der Waals surface area (Å²) >= 11 is 0. The van der Waals surface area contributed by atoms with Crippen LogP contribution in [0.2, 0.25) is 0 Å². The third-order valence-corrected chi connectivity index (χ3v) is 11.1. The van der Waals surface area contributed by atoms with Gasteiger partial charge in [-0.3, -0.25) is 25.4 Å². The van der Waals surface area contributed by atoms with Crippen LogP contribution in [0.1, 0.15) is 61.7 Å². The first kappa shape index (κ1) is 30.6. The summed E-state index contributed by atoms with van der Waals surface area (Å²) in [6.45, 7) is 1.60. The molecule has 6 unspecified atom stereocenters. The van der Waals surface area contributed by atoms with Crippen molar-refractivity contribution in [1.82, 2.24) is 20.7 Å². The lowest BCUT2D eigenvalue weighted by molar-refractivity contribution is -0.127. The Morgan fingerprint density at radius 3 is 1.44 bits per heavy atom. The van der Waals surface area contributed by atoms with Crippen LogP contribution in [0, 0.1) is 58.8 Å². The molecule has 2 aromatic rings. The molecular formula is C33H37ClF4N6O. The van der Waals surface area contributed by atoms with Gasteiger partial charge >= 0.3 is 0 Å². The number of hydrazone groups is 2. The van der Waals surface area contributed by atoms with E-state index in [0.29, 0.717) is 41.6 Å². The van der Waals surface area contributed by atoms with Gasteiger partial charge in [-0.1, -0.05) is 0 Å². The SMILES string of the molecule is Cl.O=C(C1C[C@H]2CNC(N3N=CCC3c3cc(F)cc(F)c3)[C@H]2C1)C1C[C@H]2CNC(N3N=CCC3c3cc(F)cc(F)c3)[C@H]2C1. The van der Waals surface area contributed by atoms with Crippen LogP contribution in [-0.2, 0) is 4.79 Å². The number of carbonyl (C=O) groups excluding carboxylic acids is 1. The molecule has 2 aliphatic carbocycles. The topological polar surface area (TPSA) is 72.3 Å². The van der Waals surface area contributed by atoms with Crippen molar-refractivity contribution in [2.75, 3.05) is 13.1 Å². The minimum atomic E-state index is -0.593. The van der Waals surface area contributed by atoms with Crippen LogP contribution < -0.4 is 10.6 Å². The number of benzene rings is 2. The highest BCUT2D eigenvalue weighted by Crippen LogP contribution is 2.50. The Kier molecular flexibility index (Phi) is 8.14. The largest absolute Gasteiger partial charge is 0.299 e. The van der Waals surface area contributed by atoms with Gasteiger partial charge in [-0.2, -0.15) is 10.2 Å². The Morgan fingerprint density at radius 2 is 1.04 bits per heavy atom. The molecule has 2 aromatic carbocycles. The van der Waals surface area contributed by atoms with Crippen molar-refractivity contribution < 1.29 is 22.4 Å². The summed E-state index contributed by atoms with van der Waals surface area (Å²) in [6, 6.07) is 6.82. The van der Waals surface area contributed by atoms with Crippen LogP contribution >= 0.6 is 12.4 Å². The number of rotatable bonds is 6. The van der Waals surface area contributed by atoms with Crippen LogP contribution in [0.15, 0.2) is 46.6 Å². The molecular weight excluding hydrogens is 608 g/mol. The number of nitrogens with zero attached hydrogens (tertiary/aromatic N) is 4. The molecule has 0 bridgehead atoms. The van der Waals surface area contributed by atoms with E-state index in [1.54, 1.807) is 0 Å². The first-order valence-electron chi connectivity index (χ1n) is 15.9. The molecule has 2 N–H and O–H groups in total. The average molecular weight is 645 g/mol. The molecule has 0 radical (unpaired) electrons.